The Hall–Kier alpha value is -3.00. The molecule has 33 heavy (non-hydrogen) atoms. The third kappa shape index (κ3) is 8.81. The summed E-state index contributed by atoms with van der Waals surface area (Å²) < 4.78 is 22.4. The monoisotopic (exact) mass is 535 g/mol. The molecule has 0 radical (unpaired) electrons. The lowest BCUT2D eigenvalue weighted by Gasteiger charge is -2.27. The standard InChI is InChI=1S/C19H26BrN3O10/c1-10(24)30-8-14(32-12(3)26)15(9-31-11(2)25)33-16(20)7-21-6-13-17(27)22(4)19(29)23(5)18(13)28/h6,14-16,27H,7-9H2,1-5H3/t14-,15?,16-/m0/s1. The van der Waals surface area contributed by atoms with Crippen molar-refractivity contribution in [3.8, 4) is 5.88 Å². The number of nitrogens with zero attached hydrogens (tertiary/aromatic N) is 3. The topological polar surface area (TPSA) is 165 Å². The van der Waals surface area contributed by atoms with Crippen LogP contribution in [0.25, 0.3) is 0 Å². The van der Waals surface area contributed by atoms with E-state index in [4.69, 9.17) is 18.9 Å². The van der Waals surface area contributed by atoms with Gasteiger partial charge in [0.25, 0.3) is 5.56 Å². The maximum absolute atomic E-state index is 12.2. The molecule has 0 spiro atoms. The van der Waals surface area contributed by atoms with Crippen molar-refractivity contribution in [2.75, 3.05) is 19.8 Å². The highest BCUT2D eigenvalue weighted by Gasteiger charge is 2.30. The van der Waals surface area contributed by atoms with Gasteiger partial charge in [0.1, 0.15) is 29.9 Å². The van der Waals surface area contributed by atoms with Crippen LogP contribution in [-0.2, 0) is 47.4 Å². The number of alkyl halides is 1. The van der Waals surface area contributed by atoms with Crippen LogP contribution in [0.5, 0.6) is 5.88 Å². The van der Waals surface area contributed by atoms with Crippen LogP contribution < -0.4 is 11.2 Å². The summed E-state index contributed by atoms with van der Waals surface area (Å²) in [6, 6.07) is 0. The molecule has 0 aliphatic heterocycles. The first-order valence-corrected chi connectivity index (χ1v) is 10.5. The Morgan fingerprint density at radius 1 is 1.00 bits per heavy atom. The van der Waals surface area contributed by atoms with Crippen molar-refractivity contribution in [2.45, 2.75) is 38.0 Å². The van der Waals surface area contributed by atoms with Gasteiger partial charge in [-0.25, -0.2) is 4.79 Å². The summed E-state index contributed by atoms with van der Waals surface area (Å²) in [6.45, 7) is 2.75. The van der Waals surface area contributed by atoms with E-state index in [9.17, 15) is 29.1 Å². The summed E-state index contributed by atoms with van der Waals surface area (Å²) in [6.07, 6.45) is -1.04. The molecule has 0 aliphatic carbocycles. The average molecular weight is 536 g/mol. The summed E-state index contributed by atoms with van der Waals surface area (Å²) in [4.78, 5) is 61.9. The van der Waals surface area contributed by atoms with Crippen molar-refractivity contribution < 1.29 is 38.4 Å². The van der Waals surface area contributed by atoms with Gasteiger partial charge in [0, 0.05) is 41.1 Å². The predicted octanol–water partition coefficient (Wildman–Crippen LogP) is -0.627. The highest BCUT2D eigenvalue weighted by atomic mass is 79.9. The van der Waals surface area contributed by atoms with Crippen LogP contribution >= 0.6 is 15.9 Å². The Morgan fingerprint density at radius 2 is 1.55 bits per heavy atom. The van der Waals surface area contributed by atoms with E-state index in [1.165, 1.54) is 27.9 Å². The molecule has 1 unspecified atom stereocenters. The third-order valence-electron chi connectivity index (χ3n) is 4.09. The SMILES string of the molecule is CC(=O)OCC(O[C@H](Br)CN=Cc1c(O)n(C)c(=O)n(C)c1=O)[C@H](COC(C)=O)OC(C)=O. The fourth-order valence-corrected chi connectivity index (χ4v) is 2.94. The van der Waals surface area contributed by atoms with Crippen LogP contribution in [-0.4, -0.2) is 75.3 Å². The lowest BCUT2D eigenvalue weighted by atomic mass is 10.2. The van der Waals surface area contributed by atoms with Crippen LogP contribution in [0.4, 0.5) is 0 Å². The molecule has 1 heterocycles. The molecule has 0 bridgehead atoms. The molecule has 1 aromatic rings. The van der Waals surface area contributed by atoms with E-state index in [1.54, 1.807) is 0 Å². The smallest absolute Gasteiger partial charge is 0.333 e. The number of aromatic hydroxyl groups is 1. The molecule has 14 heteroatoms. The van der Waals surface area contributed by atoms with Crippen molar-refractivity contribution in [3.63, 3.8) is 0 Å². The number of ether oxygens (including phenoxy) is 4. The summed E-state index contributed by atoms with van der Waals surface area (Å²) in [5.41, 5.74) is -1.65. The number of aliphatic imine (C=N–C) groups is 1. The molecule has 0 saturated heterocycles. The third-order valence-corrected chi connectivity index (χ3v) is 4.60. The molecule has 1 rings (SSSR count). The molecule has 0 aromatic carbocycles. The van der Waals surface area contributed by atoms with E-state index in [0.29, 0.717) is 0 Å². The summed E-state index contributed by atoms with van der Waals surface area (Å²) in [5.74, 6) is -2.45. The Morgan fingerprint density at radius 3 is 2.06 bits per heavy atom. The minimum atomic E-state index is -1.09. The molecular formula is C19H26BrN3O10. The molecule has 1 aromatic heterocycles. The second-order valence-electron chi connectivity index (χ2n) is 6.77. The van der Waals surface area contributed by atoms with Gasteiger partial charge in [-0.15, -0.1) is 0 Å². The maximum Gasteiger partial charge on any atom is 0.333 e. The lowest BCUT2D eigenvalue weighted by molar-refractivity contribution is -0.174. The summed E-state index contributed by atoms with van der Waals surface area (Å²) >= 11 is 3.23. The van der Waals surface area contributed by atoms with Crippen LogP contribution in [0.2, 0.25) is 0 Å². The number of carbonyl (C=O) groups excluding carboxylic acids is 3. The van der Waals surface area contributed by atoms with Crippen molar-refractivity contribution in [2.24, 2.45) is 19.1 Å². The average Bonchev–Trinajstić information content (AvgIpc) is 2.73. The van der Waals surface area contributed by atoms with Gasteiger partial charge in [0.2, 0.25) is 5.88 Å². The predicted molar refractivity (Wildman–Crippen MR) is 117 cm³/mol. The van der Waals surface area contributed by atoms with Gasteiger partial charge in [0.05, 0.1) is 6.54 Å². The minimum absolute atomic E-state index is 0.0949. The summed E-state index contributed by atoms with van der Waals surface area (Å²) in [7, 11) is 2.55. The zero-order chi connectivity index (χ0) is 25.3. The highest BCUT2D eigenvalue weighted by molar-refractivity contribution is 9.09. The van der Waals surface area contributed by atoms with E-state index in [-0.39, 0.29) is 25.3 Å². The van der Waals surface area contributed by atoms with Gasteiger partial charge in [0.15, 0.2) is 6.10 Å². The van der Waals surface area contributed by atoms with Gasteiger partial charge in [-0.3, -0.25) is 33.3 Å². The fourth-order valence-electron chi connectivity index (χ4n) is 2.50. The molecule has 0 fully saturated rings. The molecule has 13 nitrogen and oxygen atoms in total. The van der Waals surface area contributed by atoms with E-state index >= 15 is 0 Å². The normalized spacial score (nSPS) is 13.9. The van der Waals surface area contributed by atoms with Crippen LogP contribution in [0.3, 0.4) is 0 Å². The number of hydrogen-bond acceptors (Lipinski definition) is 11. The van der Waals surface area contributed by atoms with E-state index in [0.717, 1.165) is 22.3 Å². The number of esters is 3. The largest absolute Gasteiger partial charge is 0.494 e. The number of rotatable bonds is 11. The number of aromatic nitrogens is 2. The number of halogens is 1. The Bertz CT molecular complexity index is 1020. The van der Waals surface area contributed by atoms with Crippen molar-refractivity contribution in [3.05, 3.63) is 26.4 Å². The Kier molecular flexibility index (Phi) is 10.9. The van der Waals surface area contributed by atoms with Crippen molar-refractivity contribution in [1.29, 1.82) is 0 Å². The second-order valence-corrected chi connectivity index (χ2v) is 7.80. The quantitative estimate of drug-likeness (QED) is 0.167. The highest BCUT2D eigenvalue weighted by Crippen LogP contribution is 2.15. The molecule has 0 saturated carbocycles. The van der Waals surface area contributed by atoms with Crippen LogP contribution in [0.15, 0.2) is 14.6 Å². The first-order chi connectivity index (χ1) is 15.3. The second kappa shape index (κ2) is 12.9. The molecule has 184 valence electrons. The first-order valence-electron chi connectivity index (χ1n) is 9.57. The maximum atomic E-state index is 12.2. The van der Waals surface area contributed by atoms with Crippen molar-refractivity contribution in [1.82, 2.24) is 9.13 Å². The molecular weight excluding hydrogens is 510 g/mol. The summed E-state index contributed by atoms with van der Waals surface area (Å²) in [5, 5.41) is 9.22. The Labute approximate surface area is 197 Å². The van der Waals surface area contributed by atoms with E-state index in [1.807, 2.05) is 0 Å². The van der Waals surface area contributed by atoms with E-state index < -0.39 is 52.3 Å². The van der Waals surface area contributed by atoms with E-state index in [2.05, 4.69) is 20.9 Å². The fraction of sp³-hybridized carbons (Fsp3) is 0.579. The Balaban J connectivity index is 3.01. The van der Waals surface area contributed by atoms with Crippen LogP contribution in [0.1, 0.15) is 26.3 Å². The molecule has 3 atom stereocenters. The van der Waals surface area contributed by atoms with Gasteiger partial charge >= 0.3 is 23.6 Å². The minimum Gasteiger partial charge on any atom is -0.494 e. The molecule has 0 aliphatic rings. The molecule has 0 amide bonds. The zero-order valence-electron chi connectivity index (χ0n) is 18.8. The number of carbonyl (C=O) groups is 3. The van der Waals surface area contributed by atoms with Gasteiger partial charge in [-0.2, -0.15) is 0 Å². The van der Waals surface area contributed by atoms with Gasteiger partial charge in [-0.1, -0.05) is 15.9 Å². The number of hydrogen-bond donors (Lipinski definition) is 1. The van der Waals surface area contributed by atoms with Gasteiger partial charge in [-0.05, 0) is 0 Å². The van der Waals surface area contributed by atoms with Gasteiger partial charge < -0.3 is 24.1 Å². The first kappa shape index (κ1) is 28.0. The lowest BCUT2D eigenvalue weighted by Crippen LogP contribution is -2.42. The van der Waals surface area contributed by atoms with Crippen LogP contribution in [0, 0.1) is 0 Å². The zero-order valence-corrected chi connectivity index (χ0v) is 20.4. The van der Waals surface area contributed by atoms with Crippen molar-refractivity contribution >= 4 is 40.1 Å². The molecule has 1 N–H and O–H groups in total.